The van der Waals surface area contributed by atoms with Crippen LogP contribution in [0, 0.1) is 3.57 Å². The van der Waals surface area contributed by atoms with Gasteiger partial charge in [-0.1, -0.05) is 109 Å². The first kappa shape index (κ1) is 31.2. The lowest BCUT2D eigenvalue weighted by Gasteiger charge is -2.46. The number of nitrogens with zero attached hydrogens (tertiary/aromatic N) is 2. The van der Waals surface area contributed by atoms with Gasteiger partial charge in [0, 0.05) is 16.1 Å². The summed E-state index contributed by atoms with van der Waals surface area (Å²) in [5.41, 5.74) is 2.32. The van der Waals surface area contributed by atoms with Crippen LogP contribution in [0.25, 0.3) is 11.3 Å². The first-order valence-electron chi connectivity index (χ1n) is 14.7. The highest BCUT2D eigenvalue weighted by atomic mass is 127. The summed E-state index contributed by atoms with van der Waals surface area (Å²) in [5, 5.41) is 7.54. The highest BCUT2D eigenvalue weighted by Crippen LogP contribution is 2.41. The molecule has 1 aliphatic rings. The number of hydrogen-bond acceptors (Lipinski definition) is 4. The predicted octanol–water partition coefficient (Wildman–Crippen LogP) is 8.15. The number of carbonyl (C=O) groups excluding carboxylic acids is 1. The first-order valence-corrected chi connectivity index (χ1v) is 18.4. The molecular weight excluding hydrogens is 719 g/mol. The van der Waals surface area contributed by atoms with Crippen LogP contribution in [0.5, 0.6) is 0 Å². The van der Waals surface area contributed by atoms with Gasteiger partial charge in [-0.2, -0.15) is 5.10 Å². The lowest BCUT2D eigenvalue weighted by molar-refractivity contribution is 0.0496. The molecule has 0 aliphatic heterocycles. The second kappa shape index (κ2) is 13.2. The molecule has 1 saturated carbocycles. The van der Waals surface area contributed by atoms with Crippen molar-refractivity contribution in [2.75, 3.05) is 6.61 Å². The number of ether oxygens (including phenoxy) is 1. The molecule has 0 N–H and O–H groups in total. The third-order valence-corrected chi connectivity index (χ3v) is 14.8. The fraction of sp³-hybridized carbons (Fsp3) is 0.353. The van der Waals surface area contributed by atoms with Crippen molar-refractivity contribution in [3.63, 3.8) is 0 Å². The van der Waals surface area contributed by atoms with Gasteiger partial charge in [-0.15, -0.1) is 0 Å². The highest BCUT2D eigenvalue weighted by Gasteiger charge is 2.52. The average molecular weight is 758 g/mol. The van der Waals surface area contributed by atoms with Crippen molar-refractivity contribution in [2.24, 2.45) is 0 Å². The number of hydrogen-bond donors (Lipinski definition) is 0. The van der Waals surface area contributed by atoms with E-state index in [1.54, 1.807) is 0 Å². The summed E-state index contributed by atoms with van der Waals surface area (Å²) in [4.78, 5) is 13.3. The molecule has 0 spiro atoms. The number of aromatic nitrogens is 2. The minimum absolute atomic E-state index is 0.0269. The van der Waals surface area contributed by atoms with E-state index in [1.807, 2.05) is 35.9 Å². The van der Waals surface area contributed by atoms with Gasteiger partial charge in [-0.05, 0) is 82.7 Å². The highest BCUT2D eigenvalue weighted by molar-refractivity contribution is 14.1. The summed E-state index contributed by atoms with van der Waals surface area (Å²) in [6.45, 7) is 9.11. The smallest absolute Gasteiger partial charge is 0.357 e. The molecule has 0 saturated heterocycles. The minimum Gasteiger partial charge on any atom is -0.461 e. The van der Waals surface area contributed by atoms with Crippen LogP contribution in [0.4, 0.5) is 0 Å². The van der Waals surface area contributed by atoms with Gasteiger partial charge >= 0.3 is 5.97 Å². The van der Waals surface area contributed by atoms with E-state index in [2.05, 4.69) is 120 Å². The van der Waals surface area contributed by atoms with Crippen LogP contribution in [-0.2, 0) is 9.16 Å². The summed E-state index contributed by atoms with van der Waals surface area (Å²) in [6, 6.07) is 29.7. The van der Waals surface area contributed by atoms with Crippen LogP contribution in [0.3, 0.4) is 0 Å². The average Bonchev–Trinajstić information content (AvgIpc) is 3.34. The zero-order chi connectivity index (χ0) is 29.9. The standard InChI is InChI=1S/C34H38BrIN2O3Si/c1-5-40-33(39)32-30(36)31(24-19-21-25(35)22-20-24)37-38(32)26-13-12-14-27(23-26)41-42(34(2,3)4,28-15-8-6-9-16-28)29-17-10-7-11-18-29/h6-11,15-22,26-27H,5,12-14,23H2,1-4H3. The molecule has 1 heterocycles. The van der Waals surface area contributed by atoms with E-state index >= 15 is 0 Å². The third kappa shape index (κ3) is 6.18. The quantitative estimate of drug-likeness (QED) is 0.104. The maximum Gasteiger partial charge on any atom is 0.357 e. The Hall–Kier alpha value is -2.27. The minimum atomic E-state index is -2.71. The second-order valence-electron chi connectivity index (χ2n) is 11.9. The summed E-state index contributed by atoms with van der Waals surface area (Å²) in [5.74, 6) is -0.326. The van der Waals surface area contributed by atoms with Gasteiger partial charge in [-0.25, -0.2) is 4.79 Å². The summed E-state index contributed by atoms with van der Waals surface area (Å²) >= 11 is 5.79. The molecule has 1 aliphatic carbocycles. The van der Waals surface area contributed by atoms with Crippen molar-refractivity contribution in [1.82, 2.24) is 9.78 Å². The molecule has 3 aromatic carbocycles. The van der Waals surface area contributed by atoms with Gasteiger partial charge < -0.3 is 9.16 Å². The zero-order valence-electron chi connectivity index (χ0n) is 24.6. The zero-order valence-corrected chi connectivity index (χ0v) is 29.4. The fourth-order valence-corrected chi connectivity index (χ4v) is 12.1. The van der Waals surface area contributed by atoms with Gasteiger partial charge in [0.2, 0.25) is 0 Å². The summed E-state index contributed by atoms with van der Waals surface area (Å²) in [7, 11) is -2.71. The Morgan fingerprint density at radius 2 is 1.57 bits per heavy atom. The number of halogens is 2. The van der Waals surface area contributed by atoms with Crippen LogP contribution < -0.4 is 10.4 Å². The van der Waals surface area contributed by atoms with E-state index < -0.39 is 8.32 Å². The third-order valence-electron chi connectivity index (χ3n) is 8.14. The van der Waals surface area contributed by atoms with Crippen LogP contribution in [0.15, 0.2) is 89.4 Å². The summed E-state index contributed by atoms with van der Waals surface area (Å²) in [6.07, 6.45) is 3.73. The molecular formula is C34H38BrIN2O3Si. The number of carbonyl (C=O) groups is 1. The van der Waals surface area contributed by atoms with Crippen molar-refractivity contribution >= 4 is 63.2 Å². The Labute approximate surface area is 272 Å². The molecule has 4 aromatic rings. The molecule has 0 bridgehead atoms. The molecule has 0 amide bonds. The van der Waals surface area contributed by atoms with E-state index in [0.29, 0.717) is 12.3 Å². The number of rotatable bonds is 8. The van der Waals surface area contributed by atoms with Gasteiger partial charge in [0.15, 0.2) is 5.69 Å². The Morgan fingerprint density at radius 3 is 2.12 bits per heavy atom. The Kier molecular flexibility index (Phi) is 9.76. The molecule has 1 aromatic heterocycles. The summed E-state index contributed by atoms with van der Waals surface area (Å²) < 4.78 is 16.8. The lowest BCUT2D eigenvalue weighted by Crippen LogP contribution is -2.67. The fourth-order valence-electron chi connectivity index (χ4n) is 6.24. The van der Waals surface area contributed by atoms with Crippen molar-refractivity contribution in [2.45, 2.75) is 70.6 Å². The molecule has 1 fully saturated rings. The number of benzene rings is 3. The second-order valence-corrected chi connectivity index (χ2v) is 18.2. The van der Waals surface area contributed by atoms with E-state index in [-0.39, 0.29) is 23.2 Å². The van der Waals surface area contributed by atoms with Gasteiger partial charge in [-0.3, -0.25) is 4.68 Å². The van der Waals surface area contributed by atoms with Crippen LogP contribution in [0.1, 0.15) is 69.9 Å². The van der Waals surface area contributed by atoms with Crippen molar-refractivity contribution in [3.8, 4) is 11.3 Å². The molecule has 42 heavy (non-hydrogen) atoms. The largest absolute Gasteiger partial charge is 0.461 e. The molecule has 2 atom stereocenters. The van der Waals surface area contributed by atoms with Gasteiger partial charge in [0.25, 0.3) is 8.32 Å². The van der Waals surface area contributed by atoms with E-state index in [1.165, 1.54) is 10.4 Å². The molecule has 220 valence electrons. The van der Waals surface area contributed by atoms with Gasteiger partial charge in [0.1, 0.15) is 5.69 Å². The molecule has 5 rings (SSSR count). The molecule has 8 heteroatoms. The topological polar surface area (TPSA) is 53.3 Å². The Morgan fingerprint density at radius 1 is 0.976 bits per heavy atom. The Balaban J connectivity index is 1.55. The maximum atomic E-state index is 13.3. The van der Waals surface area contributed by atoms with Gasteiger partial charge in [0.05, 0.1) is 16.2 Å². The monoisotopic (exact) mass is 756 g/mol. The first-order chi connectivity index (χ1) is 20.2. The van der Waals surface area contributed by atoms with E-state index in [4.69, 9.17) is 14.3 Å². The lowest BCUT2D eigenvalue weighted by atomic mass is 9.93. The van der Waals surface area contributed by atoms with E-state index in [9.17, 15) is 4.79 Å². The SMILES string of the molecule is CCOC(=O)c1c(I)c(-c2ccc(Br)cc2)nn1C1CCCC(O[Si](c2ccccc2)(c2ccccc2)C(C)(C)C)C1. The van der Waals surface area contributed by atoms with Crippen LogP contribution >= 0.6 is 38.5 Å². The predicted molar refractivity (Wildman–Crippen MR) is 184 cm³/mol. The number of esters is 1. The van der Waals surface area contributed by atoms with Crippen molar-refractivity contribution < 1.29 is 14.0 Å². The normalized spacial score (nSPS) is 17.7. The molecule has 0 radical (unpaired) electrons. The molecule has 2 unspecified atom stereocenters. The Bertz CT molecular complexity index is 1460. The van der Waals surface area contributed by atoms with Crippen molar-refractivity contribution in [1.29, 1.82) is 0 Å². The van der Waals surface area contributed by atoms with Crippen LogP contribution in [0.2, 0.25) is 5.04 Å². The maximum absolute atomic E-state index is 13.3. The molecule has 5 nitrogen and oxygen atoms in total. The van der Waals surface area contributed by atoms with E-state index in [0.717, 1.165) is 45.0 Å². The van der Waals surface area contributed by atoms with Crippen LogP contribution in [-0.4, -0.2) is 36.8 Å². The van der Waals surface area contributed by atoms with Crippen molar-refractivity contribution in [3.05, 3.63) is 98.7 Å².